The van der Waals surface area contributed by atoms with Crippen LogP contribution in [0.1, 0.15) is 41.0 Å². The number of esters is 1. The molecule has 0 aromatic carbocycles. The molecule has 0 aliphatic carbocycles. The van der Waals surface area contributed by atoms with Crippen LogP contribution < -0.4 is 0 Å². The van der Waals surface area contributed by atoms with E-state index in [0.29, 0.717) is 18.9 Å². The highest BCUT2D eigenvalue weighted by molar-refractivity contribution is 5.73. The molecule has 0 unspecified atom stereocenters. The maximum atomic E-state index is 11.2. The fourth-order valence-corrected chi connectivity index (χ4v) is 1.43. The third-order valence-corrected chi connectivity index (χ3v) is 2.20. The highest BCUT2D eigenvalue weighted by atomic mass is 16.5. The lowest BCUT2D eigenvalue weighted by molar-refractivity contribution is -0.146. The maximum absolute atomic E-state index is 11.2. The Labute approximate surface area is 98.0 Å². The van der Waals surface area contributed by atoms with Crippen LogP contribution in [0.4, 0.5) is 0 Å². The molecule has 0 radical (unpaired) electrons. The molecule has 0 aliphatic rings. The normalized spacial score (nSPS) is 10.7. The average Bonchev–Trinajstić information content (AvgIpc) is 2.09. The highest BCUT2D eigenvalue weighted by Gasteiger charge is 2.13. The van der Waals surface area contributed by atoms with Gasteiger partial charge in [-0.25, -0.2) is 0 Å². The summed E-state index contributed by atoms with van der Waals surface area (Å²) in [6, 6.07) is 0.140. The van der Waals surface area contributed by atoms with Crippen LogP contribution in [0.3, 0.4) is 0 Å². The number of hydrogen-bond acceptors (Lipinski definition) is 3. The van der Waals surface area contributed by atoms with Gasteiger partial charge < -0.3 is 9.64 Å². The monoisotopic (exact) mass is 229 g/mol. The van der Waals surface area contributed by atoms with Crippen LogP contribution in [-0.4, -0.2) is 36.0 Å². The Kier molecular flexibility index (Phi) is 6.77. The average molecular weight is 229 g/mol. The van der Waals surface area contributed by atoms with E-state index in [1.807, 2.05) is 27.7 Å². The zero-order chi connectivity index (χ0) is 12.7. The number of carbonyl (C=O) groups excluding carboxylic acids is 2. The number of rotatable bonds is 6. The van der Waals surface area contributed by atoms with Gasteiger partial charge in [0.05, 0.1) is 6.54 Å². The first kappa shape index (κ1) is 14.9. The summed E-state index contributed by atoms with van der Waals surface area (Å²) in [4.78, 5) is 24.2. The van der Waals surface area contributed by atoms with E-state index in [1.165, 1.54) is 6.92 Å². The first-order chi connectivity index (χ1) is 7.34. The Bertz CT molecular complexity index is 236. The summed E-state index contributed by atoms with van der Waals surface area (Å²) >= 11 is 0. The molecule has 0 saturated carbocycles. The summed E-state index contributed by atoms with van der Waals surface area (Å²) in [5, 5.41) is 0. The lowest BCUT2D eigenvalue weighted by Crippen LogP contribution is -2.38. The number of hydrogen-bond donors (Lipinski definition) is 0. The van der Waals surface area contributed by atoms with E-state index in [9.17, 15) is 9.59 Å². The fraction of sp³-hybridized carbons (Fsp3) is 0.833. The van der Waals surface area contributed by atoms with Gasteiger partial charge >= 0.3 is 5.97 Å². The van der Waals surface area contributed by atoms with Crippen molar-refractivity contribution in [3.8, 4) is 0 Å². The molecule has 4 heteroatoms. The molecule has 1 amide bonds. The molecule has 0 spiro atoms. The molecule has 16 heavy (non-hydrogen) atoms. The first-order valence-corrected chi connectivity index (χ1v) is 5.77. The second-order valence-corrected chi connectivity index (χ2v) is 4.62. The van der Waals surface area contributed by atoms with Crippen LogP contribution in [-0.2, 0) is 14.3 Å². The van der Waals surface area contributed by atoms with Gasteiger partial charge in [-0.1, -0.05) is 13.8 Å². The zero-order valence-electron chi connectivity index (χ0n) is 10.9. The van der Waals surface area contributed by atoms with Crippen LogP contribution in [0.5, 0.6) is 0 Å². The quantitative estimate of drug-likeness (QED) is 0.653. The Morgan fingerprint density at radius 3 is 2.12 bits per heavy atom. The van der Waals surface area contributed by atoms with Crippen molar-refractivity contribution in [3.05, 3.63) is 0 Å². The summed E-state index contributed by atoms with van der Waals surface area (Å²) in [5.74, 6) is 0.124. The topological polar surface area (TPSA) is 46.6 Å². The number of carbonyl (C=O) groups is 2. The van der Waals surface area contributed by atoms with E-state index in [1.54, 1.807) is 4.90 Å². The van der Waals surface area contributed by atoms with Crippen molar-refractivity contribution in [1.82, 2.24) is 4.90 Å². The van der Waals surface area contributed by atoms with Gasteiger partial charge in [-0.05, 0) is 19.8 Å². The van der Waals surface area contributed by atoms with Crippen molar-refractivity contribution in [3.63, 3.8) is 0 Å². The van der Waals surface area contributed by atoms with Crippen LogP contribution in [0.2, 0.25) is 0 Å². The third-order valence-electron chi connectivity index (χ3n) is 2.20. The van der Waals surface area contributed by atoms with E-state index < -0.39 is 0 Å². The molecule has 0 heterocycles. The van der Waals surface area contributed by atoms with Crippen molar-refractivity contribution in [2.75, 3.05) is 13.2 Å². The van der Waals surface area contributed by atoms with Gasteiger partial charge in [0.15, 0.2) is 0 Å². The summed E-state index contributed by atoms with van der Waals surface area (Å²) in [5.41, 5.74) is 0. The molecule has 0 aliphatic heterocycles. The van der Waals surface area contributed by atoms with Gasteiger partial charge in [-0.3, -0.25) is 9.59 Å². The molecule has 0 fully saturated rings. The van der Waals surface area contributed by atoms with Crippen LogP contribution in [0, 0.1) is 5.92 Å². The molecule has 0 rings (SSSR count). The van der Waals surface area contributed by atoms with Crippen molar-refractivity contribution in [1.29, 1.82) is 0 Å². The minimum Gasteiger partial charge on any atom is -0.464 e. The van der Waals surface area contributed by atoms with Gasteiger partial charge in [0, 0.05) is 19.4 Å². The smallest absolute Gasteiger partial charge is 0.306 e. The Morgan fingerprint density at radius 1 is 1.19 bits per heavy atom. The number of nitrogens with zero attached hydrogens (tertiary/aromatic N) is 1. The summed E-state index contributed by atoms with van der Waals surface area (Å²) in [7, 11) is 0. The summed E-state index contributed by atoms with van der Waals surface area (Å²) < 4.78 is 5.05. The predicted octanol–water partition coefficient (Wildman–Crippen LogP) is 1.83. The van der Waals surface area contributed by atoms with Crippen molar-refractivity contribution < 1.29 is 14.3 Å². The van der Waals surface area contributed by atoms with Crippen LogP contribution in [0.25, 0.3) is 0 Å². The molecule has 0 bridgehead atoms. The minimum absolute atomic E-state index is 0.00917. The first-order valence-electron chi connectivity index (χ1n) is 5.77. The molecular formula is C12H23NO3. The number of amides is 1. The Morgan fingerprint density at radius 2 is 1.75 bits per heavy atom. The lowest BCUT2D eigenvalue weighted by Gasteiger charge is -2.25. The van der Waals surface area contributed by atoms with Crippen molar-refractivity contribution in [2.45, 2.75) is 47.1 Å². The molecule has 4 nitrogen and oxygen atoms in total. The van der Waals surface area contributed by atoms with Crippen molar-refractivity contribution >= 4 is 11.9 Å². The maximum Gasteiger partial charge on any atom is 0.306 e. The van der Waals surface area contributed by atoms with Gasteiger partial charge in [0.1, 0.15) is 6.61 Å². The molecule has 0 N–H and O–H groups in total. The van der Waals surface area contributed by atoms with Gasteiger partial charge in [-0.15, -0.1) is 0 Å². The van der Waals surface area contributed by atoms with Gasteiger partial charge in [0.2, 0.25) is 5.91 Å². The molecule has 0 saturated heterocycles. The summed E-state index contributed by atoms with van der Waals surface area (Å²) in [6.07, 6.45) is 0.432. The second-order valence-electron chi connectivity index (χ2n) is 4.62. The molecule has 0 atom stereocenters. The van der Waals surface area contributed by atoms with Crippen LogP contribution in [0.15, 0.2) is 0 Å². The molecular weight excluding hydrogens is 206 g/mol. The SMILES string of the molecule is CC(=O)N(CCOC(=O)CC(C)C)C(C)C. The zero-order valence-corrected chi connectivity index (χ0v) is 10.9. The van der Waals surface area contributed by atoms with E-state index in [2.05, 4.69) is 0 Å². The molecule has 0 aromatic rings. The van der Waals surface area contributed by atoms with E-state index in [4.69, 9.17) is 4.74 Å². The summed E-state index contributed by atoms with van der Waals surface area (Å²) in [6.45, 7) is 10.1. The third kappa shape index (κ3) is 6.43. The Hall–Kier alpha value is -1.06. The van der Waals surface area contributed by atoms with Crippen LogP contribution >= 0.6 is 0 Å². The standard InChI is InChI=1S/C12H23NO3/c1-9(2)8-12(15)16-7-6-13(10(3)4)11(5)14/h9-10H,6-8H2,1-5H3. The van der Waals surface area contributed by atoms with Gasteiger partial charge in [0.25, 0.3) is 0 Å². The van der Waals surface area contributed by atoms with E-state index in [-0.39, 0.29) is 24.5 Å². The Balaban J connectivity index is 3.87. The van der Waals surface area contributed by atoms with E-state index >= 15 is 0 Å². The number of ether oxygens (including phenoxy) is 1. The lowest BCUT2D eigenvalue weighted by atomic mass is 10.1. The van der Waals surface area contributed by atoms with Gasteiger partial charge in [-0.2, -0.15) is 0 Å². The van der Waals surface area contributed by atoms with E-state index in [0.717, 1.165) is 0 Å². The second kappa shape index (κ2) is 7.25. The minimum atomic E-state index is -0.192. The largest absolute Gasteiger partial charge is 0.464 e. The predicted molar refractivity (Wildman–Crippen MR) is 62.9 cm³/mol. The molecule has 0 aromatic heterocycles. The molecule has 94 valence electrons. The fourth-order valence-electron chi connectivity index (χ4n) is 1.43. The highest BCUT2D eigenvalue weighted by Crippen LogP contribution is 2.02. The van der Waals surface area contributed by atoms with Crippen molar-refractivity contribution in [2.24, 2.45) is 5.92 Å².